The van der Waals surface area contributed by atoms with E-state index in [9.17, 15) is 9.59 Å². The summed E-state index contributed by atoms with van der Waals surface area (Å²) in [6, 6.07) is 14.1. The van der Waals surface area contributed by atoms with Crippen molar-refractivity contribution in [3.05, 3.63) is 59.7 Å². The summed E-state index contributed by atoms with van der Waals surface area (Å²) in [6.07, 6.45) is 0. The molecule has 0 atom stereocenters. The van der Waals surface area contributed by atoms with Gasteiger partial charge in [0.15, 0.2) is 6.61 Å². The van der Waals surface area contributed by atoms with Crippen molar-refractivity contribution < 1.29 is 19.1 Å². The summed E-state index contributed by atoms with van der Waals surface area (Å²) < 4.78 is 10.5. The maximum Gasteiger partial charge on any atom is 0.259 e. The van der Waals surface area contributed by atoms with Crippen molar-refractivity contribution in [2.24, 2.45) is 0 Å². The normalized spacial score (nSPS) is 10.2. The molecule has 0 heterocycles. The average Bonchev–Trinajstić information content (AvgIpc) is 2.61. The highest BCUT2D eigenvalue weighted by Crippen LogP contribution is 2.17. The second-order valence-electron chi connectivity index (χ2n) is 5.69. The fourth-order valence-electron chi connectivity index (χ4n) is 2.08. The molecule has 0 radical (unpaired) electrons. The number of amides is 2. The van der Waals surface area contributed by atoms with Gasteiger partial charge in [0, 0.05) is 32.5 Å². The Morgan fingerprint density at radius 2 is 1.80 bits per heavy atom. The van der Waals surface area contributed by atoms with Gasteiger partial charge >= 0.3 is 0 Å². The maximum absolute atomic E-state index is 12.3. The lowest BCUT2D eigenvalue weighted by Crippen LogP contribution is -2.27. The van der Waals surface area contributed by atoms with Crippen molar-refractivity contribution in [1.29, 1.82) is 0 Å². The van der Waals surface area contributed by atoms with E-state index in [1.54, 1.807) is 57.6 Å². The van der Waals surface area contributed by atoms with Crippen LogP contribution in [0.15, 0.2) is 48.5 Å². The Morgan fingerprint density at radius 1 is 1.08 bits per heavy atom. The average molecular weight is 342 g/mol. The minimum atomic E-state index is -0.200. The fourth-order valence-corrected chi connectivity index (χ4v) is 2.08. The number of benzene rings is 2. The molecule has 6 heteroatoms. The molecule has 2 aromatic rings. The molecular weight excluding hydrogens is 320 g/mol. The summed E-state index contributed by atoms with van der Waals surface area (Å²) in [5.41, 5.74) is 2.14. The molecule has 0 bridgehead atoms. The third-order valence-electron chi connectivity index (χ3n) is 3.47. The quantitative estimate of drug-likeness (QED) is 0.840. The first-order valence-corrected chi connectivity index (χ1v) is 7.82. The summed E-state index contributed by atoms with van der Waals surface area (Å²) in [7, 11) is 4.96. The van der Waals surface area contributed by atoms with Crippen molar-refractivity contribution in [3.63, 3.8) is 0 Å². The molecule has 6 nitrogen and oxygen atoms in total. The Balaban J connectivity index is 1.95. The topological polar surface area (TPSA) is 67.9 Å². The summed E-state index contributed by atoms with van der Waals surface area (Å²) in [6.45, 7) is 0.434. The molecule has 25 heavy (non-hydrogen) atoms. The first-order valence-electron chi connectivity index (χ1n) is 7.82. The first-order chi connectivity index (χ1) is 12.0. The molecule has 132 valence electrons. The number of hydrogen-bond acceptors (Lipinski definition) is 4. The molecular formula is C19H22N2O4. The van der Waals surface area contributed by atoms with Gasteiger partial charge < -0.3 is 19.7 Å². The van der Waals surface area contributed by atoms with Crippen LogP contribution in [0.4, 0.5) is 5.69 Å². The first kappa shape index (κ1) is 18.5. The zero-order valence-electron chi connectivity index (χ0n) is 14.6. The minimum Gasteiger partial charge on any atom is -0.484 e. The van der Waals surface area contributed by atoms with E-state index in [-0.39, 0.29) is 18.4 Å². The van der Waals surface area contributed by atoms with Crippen LogP contribution in [-0.2, 0) is 16.1 Å². The minimum absolute atomic E-state index is 0.0228. The second-order valence-corrected chi connectivity index (χ2v) is 5.69. The lowest BCUT2D eigenvalue weighted by Gasteiger charge is -2.12. The van der Waals surface area contributed by atoms with E-state index in [1.165, 1.54) is 4.90 Å². The summed E-state index contributed by atoms with van der Waals surface area (Å²) in [5.74, 6) is 0.248. The van der Waals surface area contributed by atoms with Crippen LogP contribution in [0.1, 0.15) is 15.9 Å². The molecule has 2 amide bonds. The predicted molar refractivity (Wildman–Crippen MR) is 95.7 cm³/mol. The molecule has 0 fully saturated rings. The van der Waals surface area contributed by atoms with E-state index >= 15 is 0 Å². The molecule has 0 saturated heterocycles. The number of methoxy groups -OCH3 is 1. The molecule has 0 saturated carbocycles. The van der Waals surface area contributed by atoms with E-state index in [4.69, 9.17) is 9.47 Å². The molecule has 0 aliphatic heterocycles. The van der Waals surface area contributed by atoms with Crippen molar-refractivity contribution in [2.75, 3.05) is 33.1 Å². The second kappa shape index (κ2) is 8.84. The van der Waals surface area contributed by atoms with E-state index in [2.05, 4.69) is 5.32 Å². The number of ether oxygens (including phenoxy) is 2. The van der Waals surface area contributed by atoms with Gasteiger partial charge in [0.25, 0.3) is 11.8 Å². The lowest BCUT2D eigenvalue weighted by atomic mass is 10.1. The maximum atomic E-state index is 12.3. The summed E-state index contributed by atoms with van der Waals surface area (Å²) in [5, 5.41) is 2.83. The zero-order chi connectivity index (χ0) is 18.2. The molecule has 2 rings (SSSR count). The Bertz CT molecular complexity index is 726. The monoisotopic (exact) mass is 342 g/mol. The molecule has 0 unspecified atom stereocenters. The van der Waals surface area contributed by atoms with Crippen LogP contribution in [-0.4, -0.2) is 44.5 Å². The van der Waals surface area contributed by atoms with Gasteiger partial charge in [-0.25, -0.2) is 0 Å². The molecule has 2 aromatic carbocycles. The number of likely N-dealkylation sites (N-methyl/N-ethyl adjacent to an activating group) is 1. The van der Waals surface area contributed by atoms with Gasteiger partial charge in [-0.3, -0.25) is 9.59 Å². The predicted octanol–water partition coefficient (Wildman–Crippen LogP) is 2.55. The standard InChI is InChI=1S/C19H22N2O4/c1-21(2)18(22)13-25-17-9-7-16(8-10-17)20-19(23)15-6-4-5-14(11-15)12-24-3/h4-11H,12-13H2,1-3H3,(H,20,23). The molecule has 1 N–H and O–H groups in total. The lowest BCUT2D eigenvalue weighted by molar-refractivity contribution is -0.130. The van der Waals surface area contributed by atoms with E-state index in [0.29, 0.717) is 23.6 Å². The SMILES string of the molecule is COCc1cccc(C(=O)Nc2ccc(OCC(=O)N(C)C)cc2)c1. The van der Waals surface area contributed by atoms with Crippen molar-refractivity contribution in [3.8, 4) is 5.75 Å². The van der Waals surface area contributed by atoms with Crippen LogP contribution in [0, 0.1) is 0 Å². The van der Waals surface area contributed by atoms with Crippen LogP contribution in [0.5, 0.6) is 5.75 Å². The molecule has 0 aliphatic carbocycles. The molecule has 0 aromatic heterocycles. The molecule has 0 spiro atoms. The van der Waals surface area contributed by atoms with Gasteiger partial charge in [-0.1, -0.05) is 12.1 Å². The number of carbonyl (C=O) groups excluding carboxylic acids is 2. The van der Waals surface area contributed by atoms with Crippen LogP contribution in [0.25, 0.3) is 0 Å². The van der Waals surface area contributed by atoms with Gasteiger partial charge in [0.05, 0.1) is 6.61 Å². The fraction of sp³-hybridized carbons (Fsp3) is 0.263. The van der Waals surface area contributed by atoms with Gasteiger partial charge in [0.1, 0.15) is 5.75 Å². The number of carbonyl (C=O) groups is 2. The third-order valence-corrected chi connectivity index (χ3v) is 3.47. The number of nitrogens with one attached hydrogen (secondary N) is 1. The number of rotatable bonds is 7. The van der Waals surface area contributed by atoms with Crippen LogP contribution in [0.3, 0.4) is 0 Å². The zero-order valence-corrected chi connectivity index (χ0v) is 14.6. The van der Waals surface area contributed by atoms with Gasteiger partial charge in [-0.05, 0) is 42.0 Å². The van der Waals surface area contributed by atoms with Gasteiger partial charge in [-0.2, -0.15) is 0 Å². The van der Waals surface area contributed by atoms with Crippen LogP contribution < -0.4 is 10.1 Å². The smallest absolute Gasteiger partial charge is 0.259 e. The highest BCUT2D eigenvalue weighted by Gasteiger charge is 2.08. The van der Waals surface area contributed by atoms with Crippen molar-refractivity contribution in [2.45, 2.75) is 6.61 Å². The largest absolute Gasteiger partial charge is 0.484 e. The Kier molecular flexibility index (Phi) is 6.54. The Hall–Kier alpha value is -2.86. The van der Waals surface area contributed by atoms with Gasteiger partial charge in [-0.15, -0.1) is 0 Å². The third kappa shape index (κ3) is 5.61. The van der Waals surface area contributed by atoms with E-state index in [1.807, 2.05) is 12.1 Å². The van der Waals surface area contributed by atoms with Gasteiger partial charge in [0.2, 0.25) is 0 Å². The van der Waals surface area contributed by atoms with E-state index < -0.39 is 0 Å². The Labute approximate surface area is 147 Å². The molecule has 0 aliphatic rings. The van der Waals surface area contributed by atoms with Crippen LogP contribution in [0.2, 0.25) is 0 Å². The van der Waals surface area contributed by atoms with Crippen molar-refractivity contribution >= 4 is 17.5 Å². The number of anilines is 1. The van der Waals surface area contributed by atoms with Crippen LogP contribution >= 0.6 is 0 Å². The van der Waals surface area contributed by atoms with Crippen molar-refractivity contribution in [1.82, 2.24) is 4.90 Å². The summed E-state index contributed by atoms with van der Waals surface area (Å²) in [4.78, 5) is 25.3. The highest BCUT2D eigenvalue weighted by molar-refractivity contribution is 6.04. The van der Waals surface area contributed by atoms with E-state index in [0.717, 1.165) is 5.56 Å². The summed E-state index contributed by atoms with van der Waals surface area (Å²) >= 11 is 0. The number of nitrogens with zero attached hydrogens (tertiary/aromatic N) is 1. The number of hydrogen-bond donors (Lipinski definition) is 1. The highest BCUT2D eigenvalue weighted by atomic mass is 16.5. The Morgan fingerprint density at radius 3 is 2.44 bits per heavy atom.